The summed E-state index contributed by atoms with van der Waals surface area (Å²) in [6.07, 6.45) is -2.05. The average Bonchev–Trinajstić information content (AvgIpc) is 2.61. The monoisotopic (exact) mass is 347 g/mol. The van der Waals surface area contributed by atoms with E-state index in [9.17, 15) is 18.0 Å². The molecular formula is C16H12F3N5O. The number of hydrogen-bond acceptors (Lipinski definition) is 5. The lowest BCUT2D eigenvalue weighted by atomic mass is 10.2. The van der Waals surface area contributed by atoms with Crippen LogP contribution in [0.25, 0.3) is 0 Å². The number of nitrogens with zero attached hydrogens (tertiary/aromatic N) is 5. The van der Waals surface area contributed by atoms with Gasteiger partial charge in [0.2, 0.25) is 5.91 Å². The van der Waals surface area contributed by atoms with Crippen LogP contribution in [0.5, 0.6) is 0 Å². The third-order valence-corrected chi connectivity index (χ3v) is 3.80. The second-order valence-corrected chi connectivity index (χ2v) is 5.35. The zero-order valence-electron chi connectivity index (χ0n) is 12.9. The molecule has 0 saturated carbocycles. The van der Waals surface area contributed by atoms with E-state index in [-0.39, 0.29) is 30.4 Å². The van der Waals surface area contributed by atoms with Crippen LogP contribution >= 0.6 is 0 Å². The van der Waals surface area contributed by atoms with Gasteiger partial charge in [-0.2, -0.15) is 18.4 Å². The molecule has 0 unspecified atom stereocenters. The number of anilines is 2. The van der Waals surface area contributed by atoms with Gasteiger partial charge in [0.1, 0.15) is 11.8 Å². The Balaban J connectivity index is 1.81. The summed E-state index contributed by atoms with van der Waals surface area (Å²) in [5.41, 5.74) is -0.159. The van der Waals surface area contributed by atoms with Crippen molar-refractivity contribution in [2.75, 3.05) is 29.4 Å². The predicted molar refractivity (Wildman–Crippen MR) is 82.8 cm³/mol. The number of halogens is 3. The number of carbonyl (C=O) groups is 1. The van der Waals surface area contributed by atoms with Crippen LogP contribution in [0.2, 0.25) is 0 Å². The van der Waals surface area contributed by atoms with Gasteiger partial charge in [-0.15, -0.1) is 0 Å². The number of hydrogen-bond donors (Lipinski definition) is 0. The van der Waals surface area contributed by atoms with Crippen LogP contribution in [0.1, 0.15) is 11.4 Å². The highest BCUT2D eigenvalue weighted by Crippen LogP contribution is 2.30. The second kappa shape index (κ2) is 6.39. The number of piperazine rings is 1. The SMILES string of the molecule is N#Cc1ncccc1N1CCN(c2ccnc(C(F)(F)F)c2)C(=O)C1. The Morgan fingerprint density at radius 3 is 2.64 bits per heavy atom. The van der Waals surface area contributed by atoms with E-state index < -0.39 is 11.9 Å². The minimum atomic E-state index is -4.57. The first kappa shape index (κ1) is 16.7. The molecule has 1 aliphatic rings. The Morgan fingerprint density at radius 1 is 1.16 bits per heavy atom. The molecule has 0 bridgehead atoms. The highest BCUT2D eigenvalue weighted by molar-refractivity contribution is 5.97. The Kier molecular flexibility index (Phi) is 4.27. The van der Waals surface area contributed by atoms with Gasteiger partial charge in [-0.05, 0) is 24.3 Å². The van der Waals surface area contributed by atoms with Gasteiger partial charge in [0.05, 0.1) is 12.2 Å². The minimum absolute atomic E-state index is 0.0515. The lowest BCUT2D eigenvalue weighted by molar-refractivity contribution is -0.141. The molecule has 1 amide bonds. The molecule has 0 radical (unpaired) electrons. The van der Waals surface area contributed by atoms with Crippen LogP contribution in [0, 0.1) is 11.3 Å². The number of rotatable bonds is 2. The van der Waals surface area contributed by atoms with E-state index in [1.165, 1.54) is 17.2 Å². The number of amides is 1. The molecule has 3 heterocycles. The quantitative estimate of drug-likeness (QED) is 0.833. The molecule has 0 atom stereocenters. The topological polar surface area (TPSA) is 73.1 Å². The standard InChI is InChI=1S/C16H12F3N5O/c17-16(18,19)14-8-11(3-5-22-14)24-7-6-23(10-15(24)25)13-2-1-4-21-12(13)9-20/h1-5,8H,6-7,10H2. The van der Waals surface area contributed by atoms with Gasteiger partial charge in [-0.25, -0.2) is 4.98 Å². The predicted octanol–water partition coefficient (Wildman–Crippen LogP) is 2.22. The van der Waals surface area contributed by atoms with Crippen LogP contribution in [0.3, 0.4) is 0 Å². The van der Waals surface area contributed by atoms with Crippen LogP contribution in [0.4, 0.5) is 24.5 Å². The maximum Gasteiger partial charge on any atom is 0.433 e. The fourth-order valence-electron chi connectivity index (χ4n) is 2.63. The van der Waals surface area contributed by atoms with Gasteiger partial charge >= 0.3 is 6.18 Å². The van der Waals surface area contributed by atoms with Crippen LogP contribution < -0.4 is 9.80 Å². The molecule has 3 rings (SSSR count). The lowest BCUT2D eigenvalue weighted by Gasteiger charge is -2.35. The smallest absolute Gasteiger partial charge is 0.358 e. The highest BCUT2D eigenvalue weighted by Gasteiger charge is 2.34. The summed E-state index contributed by atoms with van der Waals surface area (Å²) >= 11 is 0. The third kappa shape index (κ3) is 3.38. The fourth-order valence-corrected chi connectivity index (χ4v) is 2.63. The Morgan fingerprint density at radius 2 is 1.96 bits per heavy atom. The second-order valence-electron chi connectivity index (χ2n) is 5.35. The highest BCUT2D eigenvalue weighted by atomic mass is 19.4. The van der Waals surface area contributed by atoms with E-state index >= 15 is 0 Å². The van der Waals surface area contributed by atoms with E-state index in [2.05, 4.69) is 9.97 Å². The van der Waals surface area contributed by atoms with Crippen molar-refractivity contribution in [3.63, 3.8) is 0 Å². The van der Waals surface area contributed by atoms with E-state index in [0.29, 0.717) is 12.2 Å². The molecule has 0 N–H and O–H groups in total. The van der Waals surface area contributed by atoms with Crippen molar-refractivity contribution < 1.29 is 18.0 Å². The largest absolute Gasteiger partial charge is 0.433 e. The van der Waals surface area contributed by atoms with Crippen molar-refractivity contribution in [3.05, 3.63) is 48.0 Å². The number of pyridine rings is 2. The zero-order chi connectivity index (χ0) is 18.0. The van der Waals surface area contributed by atoms with Crippen molar-refractivity contribution in [1.29, 1.82) is 5.26 Å². The first-order valence-electron chi connectivity index (χ1n) is 7.34. The lowest BCUT2D eigenvalue weighted by Crippen LogP contribution is -2.51. The molecule has 2 aromatic heterocycles. The van der Waals surface area contributed by atoms with Crippen molar-refractivity contribution in [2.45, 2.75) is 6.18 Å². The molecule has 6 nitrogen and oxygen atoms in total. The van der Waals surface area contributed by atoms with Gasteiger partial charge < -0.3 is 9.80 Å². The van der Waals surface area contributed by atoms with E-state index in [1.807, 2.05) is 6.07 Å². The number of alkyl halides is 3. The summed E-state index contributed by atoms with van der Waals surface area (Å²) in [6.45, 7) is 0.514. The molecule has 9 heteroatoms. The maximum atomic E-state index is 12.8. The first-order valence-corrected chi connectivity index (χ1v) is 7.34. The molecule has 2 aromatic rings. The molecule has 0 aromatic carbocycles. The summed E-state index contributed by atoms with van der Waals surface area (Å²) in [5.74, 6) is -0.363. The molecule has 0 aliphatic carbocycles. The molecule has 128 valence electrons. The maximum absolute atomic E-state index is 12.8. The summed E-state index contributed by atoms with van der Waals surface area (Å²) in [4.78, 5) is 22.6. The summed E-state index contributed by atoms with van der Waals surface area (Å²) in [7, 11) is 0. The molecule has 1 saturated heterocycles. The van der Waals surface area contributed by atoms with E-state index in [4.69, 9.17) is 5.26 Å². The van der Waals surface area contributed by atoms with Crippen LogP contribution in [-0.4, -0.2) is 35.5 Å². The van der Waals surface area contributed by atoms with Crippen molar-refractivity contribution in [3.8, 4) is 6.07 Å². The van der Waals surface area contributed by atoms with Gasteiger partial charge in [0, 0.05) is 31.2 Å². The average molecular weight is 347 g/mol. The van der Waals surface area contributed by atoms with Crippen molar-refractivity contribution in [1.82, 2.24) is 9.97 Å². The molecule has 1 aliphatic heterocycles. The van der Waals surface area contributed by atoms with Crippen molar-refractivity contribution >= 4 is 17.3 Å². The first-order chi connectivity index (χ1) is 11.9. The Bertz CT molecular complexity index is 846. The fraction of sp³-hybridized carbons (Fsp3) is 0.250. The third-order valence-electron chi connectivity index (χ3n) is 3.80. The summed E-state index contributed by atoms with van der Waals surface area (Å²) < 4.78 is 38.4. The van der Waals surface area contributed by atoms with E-state index in [1.54, 1.807) is 17.0 Å². The van der Waals surface area contributed by atoms with Gasteiger partial charge in [-0.3, -0.25) is 9.78 Å². The number of aromatic nitrogens is 2. The number of nitriles is 1. The Labute approximate surface area is 141 Å². The molecule has 0 spiro atoms. The van der Waals surface area contributed by atoms with Gasteiger partial charge in [-0.1, -0.05) is 0 Å². The number of carbonyl (C=O) groups excluding carboxylic acids is 1. The molecule has 25 heavy (non-hydrogen) atoms. The normalized spacial score (nSPS) is 15.2. The molecular weight excluding hydrogens is 335 g/mol. The van der Waals surface area contributed by atoms with Crippen LogP contribution in [-0.2, 0) is 11.0 Å². The van der Waals surface area contributed by atoms with Crippen molar-refractivity contribution in [2.24, 2.45) is 0 Å². The van der Waals surface area contributed by atoms with E-state index in [0.717, 1.165) is 12.3 Å². The van der Waals surface area contributed by atoms with Gasteiger partial charge in [0.25, 0.3) is 0 Å². The Hall–Kier alpha value is -3.15. The zero-order valence-corrected chi connectivity index (χ0v) is 12.9. The summed E-state index contributed by atoms with van der Waals surface area (Å²) in [6, 6.07) is 7.53. The molecule has 1 fully saturated rings. The van der Waals surface area contributed by atoms with Gasteiger partial charge in [0.15, 0.2) is 5.69 Å². The minimum Gasteiger partial charge on any atom is -0.358 e. The van der Waals surface area contributed by atoms with Crippen LogP contribution in [0.15, 0.2) is 36.7 Å². The summed E-state index contributed by atoms with van der Waals surface area (Å²) in [5, 5.41) is 9.10.